The van der Waals surface area contributed by atoms with Gasteiger partial charge >= 0.3 is 0 Å². The number of methoxy groups -OCH3 is 2. The lowest BCUT2D eigenvalue weighted by molar-refractivity contribution is 0.149. The molecule has 228 valence electrons. The number of ether oxygens (including phenoxy) is 3. The van der Waals surface area contributed by atoms with Crippen molar-refractivity contribution >= 4 is 15.8 Å². The number of halogens is 2. The van der Waals surface area contributed by atoms with Crippen LogP contribution < -0.4 is 18.5 Å². The summed E-state index contributed by atoms with van der Waals surface area (Å²) in [6.45, 7) is -0.291. The third-order valence-corrected chi connectivity index (χ3v) is 9.45. The molecular weight excluding hydrogens is 580 g/mol. The number of nitrogens with zero attached hydrogens (tertiary/aromatic N) is 5. The van der Waals surface area contributed by atoms with Crippen LogP contribution in [0.25, 0.3) is 0 Å². The second-order valence-corrected chi connectivity index (χ2v) is 12.1. The molecular formula is C30H33F2N5O5S. The lowest BCUT2D eigenvalue weighted by Crippen LogP contribution is -2.32. The molecule has 0 amide bonds. The number of rotatable bonds is 10. The quantitative estimate of drug-likeness (QED) is 0.219. The average molecular weight is 614 g/mol. The van der Waals surface area contributed by atoms with E-state index in [1.807, 2.05) is 13.1 Å². The molecule has 0 bridgehead atoms. The summed E-state index contributed by atoms with van der Waals surface area (Å²) in [6, 6.07) is 10.3. The van der Waals surface area contributed by atoms with Crippen LogP contribution in [0.15, 0.2) is 66.1 Å². The molecule has 2 atom stereocenters. The van der Waals surface area contributed by atoms with Crippen molar-refractivity contribution in [3.63, 3.8) is 0 Å². The predicted molar refractivity (Wildman–Crippen MR) is 155 cm³/mol. The number of benzene rings is 2. The van der Waals surface area contributed by atoms with E-state index in [-0.39, 0.29) is 24.0 Å². The molecule has 43 heavy (non-hydrogen) atoms. The Morgan fingerprint density at radius 1 is 0.953 bits per heavy atom. The maximum Gasteiger partial charge on any atom is 0.268 e. The van der Waals surface area contributed by atoms with Crippen molar-refractivity contribution in [2.24, 2.45) is 7.05 Å². The maximum atomic E-state index is 15.7. The standard InChI is InChI=1S/C30H33F2N5O5S/c1-36-23(13-16-35-36)22-7-5-4-6-8-24(22)42-25-11-12-27(30(32)29(25)31)43(38,39)37(28-14-15-33-19-34-28)18-20-9-10-21(40-2)17-26(20)41-3/h9-17,19,22,24H,4-8,18H2,1-3H3/t22-,24+/m1/s1. The summed E-state index contributed by atoms with van der Waals surface area (Å²) >= 11 is 0. The lowest BCUT2D eigenvalue weighted by atomic mass is 9.93. The Bertz CT molecular complexity index is 1670. The highest BCUT2D eigenvalue weighted by atomic mass is 32.2. The van der Waals surface area contributed by atoms with Gasteiger partial charge in [0.15, 0.2) is 11.6 Å². The summed E-state index contributed by atoms with van der Waals surface area (Å²) in [5, 5.41) is 4.26. The van der Waals surface area contributed by atoms with Crippen molar-refractivity contribution in [1.82, 2.24) is 19.7 Å². The molecule has 10 nitrogen and oxygen atoms in total. The van der Waals surface area contributed by atoms with Gasteiger partial charge in [-0.3, -0.25) is 4.68 Å². The Kier molecular flexibility index (Phi) is 9.09. The monoisotopic (exact) mass is 613 g/mol. The Hall–Kier alpha value is -4.26. The molecule has 1 aliphatic carbocycles. The van der Waals surface area contributed by atoms with E-state index in [2.05, 4.69) is 15.1 Å². The largest absolute Gasteiger partial charge is 0.497 e. The van der Waals surface area contributed by atoms with Gasteiger partial charge in [0.25, 0.3) is 10.0 Å². The highest BCUT2D eigenvalue weighted by molar-refractivity contribution is 7.92. The van der Waals surface area contributed by atoms with E-state index in [1.165, 1.54) is 38.9 Å². The van der Waals surface area contributed by atoms with Crippen LogP contribution in [0.4, 0.5) is 14.6 Å². The molecule has 1 saturated carbocycles. The topological polar surface area (TPSA) is 109 Å². The molecule has 5 rings (SSSR count). The first-order valence-corrected chi connectivity index (χ1v) is 15.3. The minimum Gasteiger partial charge on any atom is -0.497 e. The van der Waals surface area contributed by atoms with Crippen LogP contribution in [0.2, 0.25) is 0 Å². The van der Waals surface area contributed by atoms with Gasteiger partial charge < -0.3 is 14.2 Å². The SMILES string of the molecule is COc1ccc(CN(c2ccncn2)S(=O)(=O)c2ccc(O[C@H]3CCCCC[C@@H]3c3ccnn3C)c(F)c2F)c(OC)c1. The van der Waals surface area contributed by atoms with Crippen LogP contribution in [0.1, 0.15) is 49.3 Å². The van der Waals surface area contributed by atoms with E-state index in [0.717, 1.165) is 41.7 Å². The first kappa shape index (κ1) is 30.2. The smallest absolute Gasteiger partial charge is 0.268 e. The molecule has 4 aromatic rings. The molecule has 0 spiro atoms. The molecule has 1 aliphatic rings. The predicted octanol–water partition coefficient (Wildman–Crippen LogP) is 5.40. The molecule has 0 unspecified atom stereocenters. The van der Waals surface area contributed by atoms with Gasteiger partial charge in [0.2, 0.25) is 5.82 Å². The number of anilines is 1. The van der Waals surface area contributed by atoms with E-state index in [0.29, 0.717) is 23.5 Å². The molecule has 0 aliphatic heterocycles. The first-order chi connectivity index (χ1) is 20.7. The van der Waals surface area contributed by atoms with E-state index in [9.17, 15) is 8.42 Å². The molecule has 0 radical (unpaired) electrons. The zero-order valence-corrected chi connectivity index (χ0v) is 24.9. The Labute approximate surface area is 249 Å². The van der Waals surface area contributed by atoms with Gasteiger partial charge in [0, 0.05) is 48.7 Å². The second kappa shape index (κ2) is 12.9. The molecule has 13 heteroatoms. The van der Waals surface area contributed by atoms with Crippen LogP contribution in [-0.4, -0.2) is 48.5 Å². The Balaban J connectivity index is 1.50. The van der Waals surface area contributed by atoms with Crippen molar-refractivity contribution in [3.05, 3.63) is 84.1 Å². The van der Waals surface area contributed by atoms with Crippen molar-refractivity contribution in [2.45, 2.75) is 55.6 Å². The summed E-state index contributed by atoms with van der Waals surface area (Å²) in [5.41, 5.74) is 1.39. The third-order valence-electron chi connectivity index (χ3n) is 7.68. The minimum atomic E-state index is -4.68. The number of hydrogen-bond donors (Lipinski definition) is 0. The lowest BCUT2D eigenvalue weighted by Gasteiger charge is -2.27. The van der Waals surface area contributed by atoms with E-state index < -0.39 is 32.7 Å². The summed E-state index contributed by atoms with van der Waals surface area (Å²) in [6.07, 6.45) is 8.08. The molecule has 0 N–H and O–H groups in total. The molecule has 1 fully saturated rings. The van der Waals surface area contributed by atoms with Gasteiger partial charge in [0.05, 0.1) is 20.8 Å². The van der Waals surface area contributed by atoms with Crippen molar-refractivity contribution in [2.75, 3.05) is 18.5 Å². The fourth-order valence-electron chi connectivity index (χ4n) is 5.44. The normalized spacial score (nSPS) is 17.2. The fraction of sp³-hybridized carbons (Fsp3) is 0.367. The summed E-state index contributed by atoms with van der Waals surface area (Å²) in [5.74, 6) is -2.53. The van der Waals surface area contributed by atoms with Crippen LogP contribution >= 0.6 is 0 Å². The number of aryl methyl sites for hydroxylation is 1. The van der Waals surface area contributed by atoms with E-state index in [4.69, 9.17) is 14.2 Å². The number of hydrogen-bond acceptors (Lipinski definition) is 8. The van der Waals surface area contributed by atoms with Crippen LogP contribution in [0.5, 0.6) is 17.2 Å². The average Bonchev–Trinajstić information content (AvgIpc) is 3.31. The molecule has 2 aromatic heterocycles. The summed E-state index contributed by atoms with van der Waals surface area (Å²) in [4.78, 5) is 7.07. The van der Waals surface area contributed by atoms with Crippen LogP contribution in [-0.2, 0) is 23.6 Å². The highest BCUT2D eigenvalue weighted by Gasteiger charge is 2.34. The van der Waals surface area contributed by atoms with E-state index in [1.54, 1.807) is 29.1 Å². The van der Waals surface area contributed by atoms with Gasteiger partial charge in [-0.1, -0.05) is 12.8 Å². The first-order valence-electron chi connectivity index (χ1n) is 13.9. The number of sulfonamides is 1. The molecule has 0 saturated heterocycles. The van der Waals surface area contributed by atoms with Crippen molar-refractivity contribution in [3.8, 4) is 17.2 Å². The Morgan fingerprint density at radius 3 is 2.47 bits per heavy atom. The fourth-order valence-corrected chi connectivity index (χ4v) is 6.90. The van der Waals surface area contributed by atoms with Crippen LogP contribution in [0.3, 0.4) is 0 Å². The zero-order chi connectivity index (χ0) is 30.6. The summed E-state index contributed by atoms with van der Waals surface area (Å²) in [7, 11) is 0.0808. The molecule has 2 heterocycles. The Morgan fingerprint density at radius 2 is 1.77 bits per heavy atom. The minimum absolute atomic E-state index is 0.0366. The van der Waals surface area contributed by atoms with Crippen LogP contribution in [0, 0.1) is 11.6 Å². The van der Waals surface area contributed by atoms with Gasteiger partial charge in [-0.15, -0.1) is 0 Å². The summed E-state index contributed by atoms with van der Waals surface area (Å²) < 4.78 is 78.7. The van der Waals surface area contributed by atoms with Gasteiger partial charge in [-0.05, 0) is 49.6 Å². The number of aromatic nitrogens is 4. The van der Waals surface area contributed by atoms with Gasteiger partial charge in [0.1, 0.15) is 34.6 Å². The van der Waals surface area contributed by atoms with Crippen molar-refractivity contribution < 1.29 is 31.4 Å². The molecule has 2 aromatic carbocycles. The highest BCUT2D eigenvalue weighted by Crippen LogP contribution is 2.37. The van der Waals surface area contributed by atoms with Gasteiger partial charge in [-0.2, -0.15) is 9.49 Å². The van der Waals surface area contributed by atoms with Crippen molar-refractivity contribution in [1.29, 1.82) is 0 Å². The third kappa shape index (κ3) is 6.26. The van der Waals surface area contributed by atoms with E-state index >= 15 is 8.78 Å². The zero-order valence-electron chi connectivity index (χ0n) is 24.1. The van der Waals surface area contributed by atoms with Gasteiger partial charge in [-0.25, -0.2) is 27.1 Å². The second-order valence-electron chi connectivity index (χ2n) is 10.2. The maximum absolute atomic E-state index is 15.7.